The Morgan fingerprint density at radius 2 is 2.25 bits per heavy atom. The highest BCUT2D eigenvalue weighted by atomic mass is 16.5. The number of nitrogens with zero attached hydrogens (tertiary/aromatic N) is 1. The molecule has 0 saturated heterocycles. The molecule has 1 aromatic heterocycles. The fourth-order valence-corrected chi connectivity index (χ4v) is 2.40. The minimum atomic E-state index is 0.781. The average Bonchev–Trinajstić information content (AvgIpc) is 3.11. The van der Waals surface area contributed by atoms with Gasteiger partial charge in [0.15, 0.2) is 11.7 Å². The third-order valence-electron chi connectivity index (χ3n) is 3.47. The van der Waals surface area contributed by atoms with E-state index < -0.39 is 0 Å². The number of fused-ring (bicyclic) bond motifs is 1. The van der Waals surface area contributed by atoms with Crippen LogP contribution in [0.15, 0.2) is 28.8 Å². The smallest absolute Gasteiger partial charge is 0.196 e. The van der Waals surface area contributed by atoms with E-state index in [0.29, 0.717) is 0 Å². The van der Waals surface area contributed by atoms with Crippen LogP contribution in [0, 0.1) is 0 Å². The highest BCUT2D eigenvalue weighted by Crippen LogP contribution is 2.30. The standard InChI is InChI=1S/C16H20N2O2/c1-2-7-17-8-5-16-18-11-15(20-16)12-3-4-14-13(10-12)6-9-19-14/h3-4,10-11,17H,2,5-9H2,1H3. The van der Waals surface area contributed by atoms with Gasteiger partial charge in [0, 0.05) is 24.9 Å². The maximum absolute atomic E-state index is 5.82. The predicted molar refractivity (Wildman–Crippen MR) is 78.0 cm³/mol. The molecule has 0 bridgehead atoms. The van der Waals surface area contributed by atoms with Gasteiger partial charge in [-0.15, -0.1) is 0 Å². The van der Waals surface area contributed by atoms with Crippen LogP contribution in [0.25, 0.3) is 11.3 Å². The van der Waals surface area contributed by atoms with Crippen molar-refractivity contribution in [3.8, 4) is 17.1 Å². The van der Waals surface area contributed by atoms with Crippen LogP contribution in [-0.4, -0.2) is 24.7 Å². The van der Waals surface area contributed by atoms with Crippen LogP contribution in [-0.2, 0) is 12.8 Å². The number of rotatable bonds is 6. The van der Waals surface area contributed by atoms with E-state index in [1.54, 1.807) is 0 Å². The summed E-state index contributed by atoms with van der Waals surface area (Å²) in [6, 6.07) is 6.19. The Labute approximate surface area is 119 Å². The Morgan fingerprint density at radius 1 is 1.30 bits per heavy atom. The minimum absolute atomic E-state index is 0.781. The topological polar surface area (TPSA) is 47.3 Å². The van der Waals surface area contributed by atoms with Gasteiger partial charge in [0.2, 0.25) is 0 Å². The Balaban J connectivity index is 1.67. The lowest BCUT2D eigenvalue weighted by Gasteiger charge is -2.01. The van der Waals surface area contributed by atoms with E-state index >= 15 is 0 Å². The zero-order valence-corrected chi connectivity index (χ0v) is 11.8. The molecular formula is C16H20N2O2. The van der Waals surface area contributed by atoms with E-state index in [2.05, 4.69) is 23.3 Å². The first-order valence-corrected chi connectivity index (χ1v) is 7.28. The van der Waals surface area contributed by atoms with Crippen molar-refractivity contribution in [2.75, 3.05) is 19.7 Å². The highest BCUT2D eigenvalue weighted by Gasteiger charge is 2.14. The molecule has 20 heavy (non-hydrogen) atoms. The number of aromatic nitrogens is 1. The first kappa shape index (κ1) is 13.2. The Bertz CT molecular complexity index is 578. The van der Waals surface area contributed by atoms with E-state index in [0.717, 1.165) is 61.9 Å². The van der Waals surface area contributed by atoms with Crippen molar-refractivity contribution in [1.82, 2.24) is 10.3 Å². The van der Waals surface area contributed by atoms with Gasteiger partial charge >= 0.3 is 0 Å². The minimum Gasteiger partial charge on any atom is -0.493 e. The molecule has 0 radical (unpaired) electrons. The summed E-state index contributed by atoms with van der Waals surface area (Å²) in [6.07, 6.45) is 4.76. The lowest BCUT2D eigenvalue weighted by Crippen LogP contribution is -2.17. The second kappa shape index (κ2) is 6.09. The number of hydrogen-bond acceptors (Lipinski definition) is 4. The third kappa shape index (κ3) is 2.85. The summed E-state index contributed by atoms with van der Waals surface area (Å²) < 4.78 is 11.3. The van der Waals surface area contributed by atoms with Crippen LogP contribution in [0.5, 0.6) is 5.75 Å². The van der Waals surface area contributed by atoms with E-state index in [9.17, 15) is 0 Å². The Kier molecular flexibility index (Phi) is 4.02. The van der Waals surface area contributed by atoms with E-state index in [4.69, 9.17) is 9.15 Å². The summed E-state index contributed by atoms with van der Waals surface area (Å²) in [5.41, 5.74) is 2.33. The normalized spacial score (nSPS) is 13.2. The van der Waals surface area contributed by atoms with Crippen molar-refractivity contribution in [2.45, 2.75) is 26.2 Å². The molecule has 1 aliphatic rings. The van der Waals surface area contributed by atoms with E-state index in [-0.39, 0.29) is 0 Å². The van der Waals surface area contributed by atoms with Gasteiger partial charge in [-0.25, -0.2) is 4.98 Å². The molecule has 0 fully saturated rings. The van der Waals surface area contributed by atoms with Crippen molar-refractivity contribution >= 4 is 0 Å². The third-order valence-corrected chi connectivity index (χ3v) is 3.47. The van der Waals surface area contributed by atoms with E-state index in [1.165, 1.54) is 5.56 Å². The summed E-state index contributed by atoms with van der Waals surface area (Å²) >= 11 is 0. The quantitative estimate of drug-likeness (QED) is 0.821. The van der Waals surface area contributed by atoms with Crippen molar-refractivity contribution in [2.24, 2.45) is 0 Å². The molecule has 2 heterocycles. The molecule has 0 saturated carbocycles. The average molecular weight is 272 g/mol. The van der Waals surface area contributed by atoms with E-state index in [1.807, 2.05) is 18.3 Å². The first-order chi connectivity index (χ1) is 9.86. The molecule has 4 heteroatoms. The lowest BCUT2D eigenvalue weighted by molar-refractivity contribution is 0.357. The Morgan fingerprint density at radius 3 is 3.15 bits per heavy atom. The molecule has 0 amide bonds. The molecule has 1 aliphatic heterocycles. The van der Waals surface area contributed by atoms with Crippen LogP contribution in [0.4, 0.5) is 0 Å². The molecule has 0 unspecified atom stereocenters. The fourth-order valence-electron chi connectivity index (χ4n) is 2.40. The molecule has 106 valence electrons. The van der Waals surface area contributed by atoms with Crippen LogP contribution >= 0.6 is 0 Å². The Hall–Kier alpha value is -1.81. The predicted octanol–water partition coefficient (Wildman–Crippen LogP) is 2.82. The van der Waals surface area contributed by atoms with Crippen molar-refractivity contribution in [1.29, 1.82) is 0 Å². The zero-order chi connectivity index (χ0) is 13.8. The number of oxazole rings is 1. The van der Waals surface area contributed by atoms with Gasteiger partial charge in [0.25, 0.3) is 0 Å². The lowest BCUT2D eigenvalue weighted by atomic mass is 10.1. The molecular weight excluding hydrogens is 252 g/mol. The molecule has 0 aliphatic carbocycles. The van der Waals surface area contributed by atoms with Gasteiger partial charge in [-0.3, -0.25) is 0 Å². The van der Waals surface area contributed by atoms with Crippen LogP contribution in [0.1, 0.15) is 24.8 Å². The second-order valence-electron chi connectivity index (χ2n) is 5.04. The molecule has 1 N–H and O–H groups in total. The van der Waals surface area contributed by atoms with Crippen molar-refractivity contribution in [3.63, 3.8) is 0 Å². The maximum atomic E-state index is 5.82. The zero-order valence-electron chi connectivity index (χ0n) is 11.8. The second-order valence-corrected chi connectivity index (χ2v) is 5.04. The van der Waals surface area contributed by atoms with Crippen molar-refractivity contribution < 1.29 is 9.15 Å². The van der Waals surface area contributed by atoms with Gasteiger partial charge in [0.1, 0.15) is 5.75 Å². The van der Waals surface area contributed by atoms with Crippen molar-refractivity contribution in [3.05, 3.63) is 35.9 Å². The summed E-state index contributed by atoms with van der Waals surface area (Å²) in [6.45, 7) is 4.89. The van der Waals surface area contributed by atoms with Gasteiger partial charge in [-0.2, -0.15) is 0 Å². The number of ether oxygens (including phenoxy) is 1. The largest absolute Gasteiger partial charge is 0.493 e. The molecule has 3 rings (SSSR count). The van der Waals surface area contributed by atoms with Gasteiger partial charge in [-0.05, 0) is 36.7 Å². The monoisotopic (exact) mass is 272 g/mol. The number of nitrogens with one attached hydrogen (secondary N) is 1. The number of benzene rings is 1. The van der Waals surface area contributed by atoms with Gasteiger partial charge in [-0.1, -0.05) is 6.92 Å². The first-order valence-electron chi connectivity index (χ1n) is 7.28. The van der Waals surface area contributed by atoms with Crippen LogP contribution < -0.4 is 10.1 Å². The van der Waals surface area contributed by atoms with Crippen LogP contribution in [0.3, 0.4) is 0 Å². The number of hydrogen-bond donors (Lipinski definition) is 1. The molecule has 2 aromatic rings. The summed E-state index contributed by atoms with van der Waals surface area (Å²) in [7, 11) is 0. The summed E-state index contributed by atoms with van der Waals surface area (Å²) in [5, 5.41) is 3.35. The summed E-state index contributed by atoms with van der Waals surface area (Å²) in [5.74, 6) is 2.63. The van der Waals surface area contributed by atoms with Gasteiger partial charge < -0.3 is 14.5 Å². The molecule has 0 spiro atoms. The van der Waals surface area contributed by atoms with Crippen LogP contribution in [0.2, 0.25) is 0 Å². The maximum Gasteiger partial charge on any atom is 0.196 e. The summed E-state index contributed by atoms with van der Waals surface area (Å²) in [4.78, 5) is 4.35. The highest BCUT2D eigenvalue weighted by molar-refractivity contribution is 5.60. The SMILES string of the molecule is CCCNCCc1ncc(-c2ccc3c(c2)CCO3)o1. The molecule has 1 aromatic carbocycles. The fraction of sp³-hybridized carbons (Fsp3) is 0.438. The molecule has 4 nitrogen and oxygen atoms in total. The van der Waals surface area contributed by atoms with Gasteiger partial charge in [0.05, 0.1) is 12.8 Å². The molecule has 0 atom stereocenters.